The van der Waals surface area contributed by atoms with Crippen LogP contribution < -0.4 is 0 Å². The summed E-state index contributed by atoms with van der Waals surface area (Å²) in [5, 5.41) is 6.54. The van der Waals surface area contributed by atoms with Gasteiger partial charge in [0.05, 0.1) is 5.75 Å². The molecule has 0 unspecified atom stereocenters. The quantitative estimate of drug-likeness (QED) is 0.486. The van der Waals surface area contributed by atoms with Crippen LogP contribution in [0.15, 0.2) is 82.2 Å². The maximum absolute atomic E-state index is 5.35. The molecule has 0 saturated carbocycles. The van der Waals surface area contributed by atoms with Gasteiger partial charge in [-0.2, -0.15) is 4.98 Å². The Kier molecular flexibility index (Phi) is 3.82. The largest absolute Gasteiger partial charge is 0.338 e. The number of rotatable bonds is 4. The van der Waals surface area contributed by atoms with E-state index in [2.05, 4.69) is 52.6 Å². The molecular weight excluding hydrogens is 304 g/mol. The summed E-state index contributed by atoms with van der Waals surface area (Å²) >= 11 is 1.70. The lowest BCUT2D eigenvalue weighted by Crippen LogP contribution is -1.83. The standard InChI is InChI=1S/C19H14N2OS/c1-2-7-15(8-3-1)19-20-18(22-21-19)13-23-17-11-10-14-6-4-5-9-16(14)12-17/h1-12H,13H2. The summed E-state index contributed by atoms with van der Waals surface area (Å²) in [5.74, 6) is 1.94. The molecule has 0 radical (unpaired) electrons. The molecule has 4 aromatic rings. The van der Waals surface area contributed by atoms with Gasteiger partial charge in [-0.1, -0.05) is 65.8 Å². The number of hydrogen-bond acceptors (Lipinski definition) is 4. The molecule has 1 aromatic heterocycles. The number of fused-ring (bicyclic) bond motifs is 1. The van der Waals surface area contributed by atoms with E-state index >= 15 is 0 Å². The number of nitrogens with zero attached hydrogens (tertiary/aromatic N) is 2. The summed E-state index contributed by atoms with van der Waals surface area (Å²) in [6, 6.07) is 24.7. The predicted molar refractivity (Wildman–Crippen MR) is 93.2 cm³/mol. The molecule has 4 heteroatoms. The normalized spacial score (nSPS) is 11.0. The summed E-state index contributed by atoms with van der Waals surface area (Å²) in [6.45, 7) is 0. The second-order valence-corrected chi connectivity index (χ2v) is 6.22. The van der Waals surface area contributed by atoms with Gasteiger partial charge >= 0.3 is 0 Å². The fourth-order valence-electron chi connectivity index (χ4n) is 2.42. The maximum Gasteiger partial charge on any atom is 0.237 e. The molecule has 0 fully saturated rings. The van der Waals surface area contributed by atoms with E-state index in [0.29, 0.717) is 17.5 Å². The zero-order valence-electron chi connectivity index (χ0n) is 12.3. The molecule has 0 aliphatic rings. The molecule has 0 bridgehead atoms. The SMILES string of the molecule is c1ccc(-c2noc(CSc3ccc4ccccc4c3)n2)cc1. The molecular formula is C19H14N2OS. The zero-order valence-corrected chi connectivity index (χ0v) is 13.2. The topological polar surface area (TPSA) is 38.9 Å². The monoisotopic (exact) mass is 318 g/mol. The van der Waals surface area contributed by atoms with Gasteiger partial charge in [0, 0.05) is 10.5 Å². The van der Waals surface area contributed by atoms with Crippen LogP contribution in [-0.4, -0.2) is 10.1 Å². The third-order valence-corrected chi connectivity index (χ3v) is 4.56. The van der Waals surface area contributed by atoms with Crippen molar-refractivity contribution in [1.29, 1.82) is 0 Å². The third-order valence-electron chi connectivity index (χ3n) is 3.58. The Morgan fingerprint density at radius 1 is 0.826 bits per heavy atom. The van der Waals surface area contributed by atoms with Gasteiger partial charge < -0.3 is 4.52 Å². The molecule has 0 aliphatic heterocycles. The van der Waals surface area contributed by atoms with E-state index in [1.807, 2.05) is 30.3 Å². The zero-order chi connectivity index (χ0) is 15.5. The van der Waals surface area contributed by atoms with Crippen molar-refractivity contribution in [2.45, 2.75) is 10.6 Å². The van der Waals surface area contributed by atoms with Crippen LogP contribution in [0.25, 0.3) is 22.2 Å². The number of aromatic nitrogens is 2. The lowest BCUT2D eigenvalue weighted by Gasteiger charge is -2.01. The first-order chi connectivity index (χ1) is 11.4. The van der Waals surface area contributed by atoms with Crippen LogP contribution in [0.4, 0.5) is 0 Å². The lowest BCUT2D eigenvalue weighted by atomic mass is 10.1. The Balaban J connectivity index is 1.49. The van der Waals surface area contributed by atoms with Crippen LogP contribution in [0.2, 0.25) is 0 Å². The van der Waals surface area contributed by atoms with E-state index in [0.717, 1.165) is 5.56 Å². The maximum atomic E-state index is 5.35. The summed E-state index contributed by atoms with van der Waals surface area (Å²) in [7, 11) is 0. The molecule has 1 heterocycles. The highest BCUT2D eigenvalue weighted by atomic mass is 32.2. The molecule has 0 aliphatic carbocycles. The fourth-order valence-corrected chi connectivity index (χ4v) is 3.20. The summed E-state index contributed by atoms with van der Waals surface area (Å²) in [5.41, 5.74) is 0.971. The smallest absolute Gasteiger partial charge is 0.237 e. The highest BCUT2D eigenvalue weighted by Crippen LogP contribution is 2.26. The molecule has 0 N–H and O–H groups in total. The Labute approximate surface area is 138 Å². The van der Waals surface area contributed by atoms with Crippen molar-refractivity contribution in [1.82, 2.24) is 10.1 Å². The average molecular weight is 318 g/mol. The van der Waals surface area contributed by atoms with Crippen LogP contribution in [0.1, 0.15) is 5.89 Å². The first kappa shape index (κ1) is 14.0. The second-order valence-electron chi connectivity index (χ2n) is 5.18. The van der Waals surface area contributed by atoms with Crippen molar-refractivity contribution in [3.05, 3.63) is 78.7 Å². The first-order valence-corrected chi connectivity index (χ1v) is 8.37. The fraction of sp³-hybridized carbons (Fsp3) is 0.0526. The molecule has 3 aromatic carbocycles. The Bertz CT molecular complexity index is 934. The van der Waals surface area contributed by atoms with Gasteiger partial charge in [-0.05, 0) is 22.9 Å². The van der Waals surface area contributed by atoms with Gasteiger partial charge in [0.25, 0.3) is 0 Å². The molecule has 0 amide bonds. The average Bonchev–Trinajstić information content (AvgIpc) is 3.10. The van der Waals surface area contributed by atoms with Gasteiger partial charge in [-0.3, -0.25) is 0 Å². The summed E-state index contributed by atoms with van der Waals surface area (Å²) in [6.07, 6.45) is 0. The summed E-state index contributed by atoms with van der Waals surface area (Å²) in [4.78, 5) is 5.66. The lowest BCUT2D eigenvalue weighted by molar-refractivity contribution is 0.391. The van der Waals surface area contributed by atoms with E-state index in [9.17, 15) is 0 Å². The Hall–Kier alpha value is -2.59. The molecule has 0 spiro atoms. The van der Waals surface area contributed by atoms with E-state index in [1.165, 1.54) is 15.7 Å². The van der Waals surface area contributed by atoms with Gasteiger partial charge in [-0.15, -0.1) is 11.8 Å². The van der Waals surface area contributed by atoms with Crippen molar-refractivity contribution in [2.24, 2.45) is 0 Å². The van der Waals surface area contributed by atoms with Crippen molar-refractivity contribution in [3.8, 4) is 11.4 Å². The minimum Gasteiger partial charge on any atom is -0.338 e. The van der Waals surface area contributed by atoms with Gasteiger partial charge in [0.2, 0.25) is 11.7 Å². The van der Waals surface area contributed by atoms with Gasteiger partial charge in [-0.25, -0.2) is 0 Å². The second kappa shape index (κ2) is 6.26. The highest BCUT2D eigenvalue weighted by molar-refractivity contribution is 7.98. The van der Waals surface area contributed by atoms with Crippen molar-refractivity contribution >= 4 is 22.5 Å². The molecule has 112 valence electrons. The Morgan fingerprint density at radius 3 is 2.48 bits per heavy atom. The van der Waals surface area contributed by atoms with Crippen LogP contribution in [0.5, 0.6) is 0 Å². The Morgan fingerprint density at radius 2 is 1.61 bits per heavy atom. The highest BCUT2D eigenvalue weighted by Gasteiger charge is 2.08. The van der Waals surface area contributed by atoms with Crippen molar-refractivity contribution in [2.75, 3.05) is 0 Å². The predicted octanol–water partition coefficient (Wildman–Crippen LogP) is 5.18. The molecule has 0 saturated heterocycles. The number of benzene rings is 3. The summed E-state index contributed by atoms with van der Waals surface area (Å²) < 4.78 is 5.35. The molecule has 3 nitrogen and oxygen atoms in total. The van der Waals surface area contributed by atoms with Gasteiger partial charge in [0.15, 0.2) is 0 Å². The first-order valence-electron chi connectivity index (χ1n) is 7.38. The minimum absolute atomic E-state index is 0.639. The van der Waals surface area contributed by atoms with E-state index in [-0.39, 0.29) is 0 Å². The van der Waals surface area contributed by atoms with E-state index in [4.69, 9.17) is 4.52 Å². The third kappa shape index (κ3) is 3.12. The molecule has 23 heavy (non-hydrogen) atoms. The van der Waals surface area contributed by atoms with E-state index < -0.39 is 0 Å². The number of thioether (sulfide) groups is 1. The van der Waals surface area contributed by atoms with Crippen molar-refractivity contribution in [3.63, 3.8) is 0 Å². The van der Waals surface area contributed by atoms with Crippen LogP contribution in [0.3, 0.4) is 0 Å². The van der Waals surface area contributed by atoms with Crippen LogP contribution >= 0.6 is 11.8 Å². The molecule has 0 atom stereocenters. The minimum atomic E-state index is 0.639. The van der Waals surface area contributed by atoms with E-state index in [1.54, 1.807) is 11.8 Å². The van der Waals surface area contributed by atoms with Crippen LogP contribution in [0, 0.1) is 0 Å². The number of hydrogen-bond donors (Lipinski definition) is 0. The van der Waals surface area contributed by atoms with Gasteiger partial charge in [0.1, 0.15) is 0 Å². The van der Waals surface area contributed by atoms with Crippen LogP contribution in [-0.2, 0) is 5.75 Å². The molecule has 4 rings (SSSR count). The van der Waals surface area contributed by atoms with Crippen molar-refractivity contribution < 1.29 is 4.52 Å².